The fraction of sp³-hybridized carbons (Fsp3) is 0.441. The van der Waals surface area contributed by atoms with E-state index < -0.39 is 0 Å². The van der Waals surface area contributed by atoms with Gasteiger partial charge in [-0.2, -0.15) is 0 Å². The molecular weight excluding hydrogens is 699 g/mol. The van der Waals surface area contributed by atoms with Gasteiger partial charge in [0.15, 0.2) is 17.8 Å². The summed E-state index contributed by atoms with van der Waals surface area (Å²) < 4.78 is 13.4. The zero-order valence-electron chi connectivity index (χ0n) is 27.5. The third-order valence-corrected chi connectivity index (χ3v) is 8.37. The number of amides is 2. The van der Waals surface area contributed by atoms with Crippen LogP contribution in [0.15, 0.2) is 47.3 Å². The molecule has 2 aromatic carbocycles. The average molecular weight is 743 g/mol. The van der Waals surface area contributed by atoms with Crippen LogP contribution in [0, 0.1) is 3.57 Å². The molecule has 0 radical (unpaired) electrons. The van der Waals surface area contributed by atoms with Gasteiger partial charge in [0.25, 0.3) is 5.91 Å². The number of phenolic OH excluding ortho intramolecular Hbond substituents is 1. The number of ether oxygens (including phenoxy) is 1. The van der Waals surface area contributed by atoms with E-state index in [4.69, 9.17) is 9.15 Å². The summed E-state index contributed by atoms with van der Waals surface area (Å²) in [5, 5.41) is 25.1. The van der Waals surface area contributed by atoms with Gasteiger partial charge in [0.1, 0.15) is 17.2 Å². The van der Waals surface area contributed by atoms with Gasteiger partial charge in [-0.05, 0) is 81.2 Å². The largest absolute Gasteiger partial charge is 0.507 e. The van der Waals surface area contributed by atoms with Crippen molar-refractivity contribution >= 4 is 34.4 Å². The molecule has 0 aliphatic heterocycles. The first kappa shape index (κ1) is 34.9. The molecule has 12 heteroatoms. The maximum atomic E-state index is 12.8. The number of methoxy groups -OCH3 is 1. The first-order valence-corrected chi connectivity index (χ1v) is 16.3. The van der Waals surface area contributed by atoms with Crippen LogP contribution in [0.2, 0.25) is 0 Å². The smallest absolute Gasteiger partial charge is 0.273 e. The number of hydrogen-bond donors (Lipinski definition) is 3. The van der Waals surface area contributed by atoms with Crippen molar-refractivity contribution in [3.63, 3.8) is 0 Å². The van der Waals surface area contributed by atoms with Gasteiger partial charge < -0.3 is 24.9 Å². The quantitative estimate of drug-likeness (QED) is 0.120. The molecule has 0 aliphatic carbocycles. The Bertz CT molecular complexity index is 1650. The molecule has 246 valence electrons. The molecule has 4 aromatic rings. The normalized spacial score (nSPS) is 11.8. The number of benzene rings is 2. The lowest BCUT2D eigenvalue weighted by Gasteiger charge is -2.28. The number of hydrogen-bond acceptors (Lipinski definition) is 8. The van der Waals surface area contributed by atoms with Crippen LogP contribution >= 0.6 is 22.6 Å². The molecule has 0 atom stereocenters. The summed E-state index contributed by atoms with van der Waals surface area (Å²) in [5.74, 6) is 1.06. The number of halogens is 1. The molecule has 0 saturated heterocycles. The maximum Gasteiger partial charge on any atom is 0.273 e. The van der Waals surface area contributed by atoms with Crippen molar-refractivity contribution in [2.75, 3.05) is 13.7 Å². The van der Waals surface area contributed by atoms with E-state index in [0.717, 1.165) is 31.6 Å². The fourth-order valence-electron chi connectivity index (χ4n) is 4.99. The lowest BCUT2D eigenvalue weighted by molar-refractivity contribution is -0.121. The zero-order valence-corrected chi connectivity index (χ0v) is 29.7. The third-order valence-electron chi connectivity index (χ3n) is 7.53. The highest BCUT2D eigenvalue weighted by Crippen LogP contribution is 2.40. The van der Waals surface area contributed by atoms with Crippen molar-refractivity contribution in [1.29, 1.82) is 0 Å². The van der Waals surface area contributed by atoms with Crippen LogP contribution in [0.4, 0.5) is 0 Å². The monoisotopic (exact) mass is 742 g/mol. The van der Waals surface area contributed by atoms with E-state index in [2.05, 4.69) is 90.1 Å². The molecule has 0 saturated carbocycles. The minimum Gasteiger partial charge on any atom is -0.507 e. The first-order valence-electron chi connectivity index (χ1n) is 15.3. The number of carbonyl (C=O) groups excluding carboxylic acids is 2. The van der Waals surface area contributed by atoms with Crippen molar-refractivity contribution in [3.8, 4) is 22.8 Å². The Morgan fingerprint density at radius 3 is 2.37 bits per heavy atom. The predicted octanol–water partition coefficient (Wildman–Crippen LogP) is 5.92. The van der Waals surface area contributed by atoms with Gasteiger partial charge in [-0.1, -0.05) is 58.9 Å². The second-order valence-electron chi connectivity index (χ2n) is 13.3. The van der Waals surface area contributed by atoms with Gasteiger partial charge in [0.2, 0.25) is 5.91 Å². The van der Waals surface area contributed by atoms with Crippen LogP contribution in [0.3, 0.4) is 0 Å². The van der Waals surface area contributed by atoms with E-state index in [-0.39, 0.29) is 34.9 Å². The highest BCUT2D eigenvalue weighted by atomic mass is 127. The summed E-state index contributed by atoms with van der Waals surface area (Å²) in [6, 6.07) is 9.55. The highest BCUT2D eigenvalue weighted by Gasteiger charge is 2.26. The molecule has 4 rings (SSSR count). The summed E-state index contributed by atoms with van der Waals surface area (Å²) in [6.07, 6.45) is 4.54. The van der Waals surface area contributed by atoms with E-state index in [9.17, 15) is 14.7 Å². The van der Waals surface area contributed by atoms with E-state index in [0.29, 0.717) is 49.6 Å². The predicted molar refractivity (Wildman–Crippen MR) is 184 cm³/mol. The summed E-state index contributed by atoms with van der Waals surface area (Å²) in [5.41, 5.74) is 3.95. The van der Waals surface area contributed by atoms with Crippen LogP contribution in [-0.2, 0) is 35.1 Å². The molecule has 2 aromatic heterocycles. The molecule has 2 amide bonds. The van der Waals surface area contributed by atoms with E-state index >= 15 is 0 Å². The van der Waals surface area contributed by atoms with Crippen LogP contribution in [-0.4, -0.2) is 50.6 Å². The number of aromatic hydroxyl groups is 1. The second-order valence-corrected chi connectivity index (χ2v) is 14.4. The van der Waals surface area contributed by atoms with Gasteiger partial charge in [0.05, 0.1) is 23.4 Å². The second kappa shape index (κ2) is 14.7. The van der Waals surface area contributed by atoms with Crippen molar-refractivity contribution < 1.29 is 23.8 Å². The van der Waals surface area contributed by atoms with E-state index in [1.165, 1.54) is 6.39 Å². The summed E-state index contributed by atoms with van der Waals surface area (Å²) in [6.45, 7) is 13.7. The van der Waals surface area contributed by atoms with Crippen molar-refractivity contribution in [2.45, 2.75) is 84.7 Å². The SMILES string of the molecule is COc1ccc(-c2ocnc2C(=O)NCCCn2cc(CNC(=O)CCc3cc(C(C)(C)C)c(O)c(C(C)(C)C)c3)nn2)cc1I. The molecule has 0 fully saturated rings. The van der Waals surface area contributed by atoms with Crippen LogP contribution < -0.4 is 15.4 Å². The van der Waals surface area contributed by atoms with E-state index in [1.54, 1.807) is 18.0 Å². The molecule has 0 unspecified atom stereocenters. The molecule has 0 spiro atoms. The number of aromatic nitrogens is 4. The highest BCUT2D eigenvalue weighted by molar-refractivity contribution is 14.1. The molecule has 46 heavy (non-hydrogen) atoms. The minimum absolute atomic E-state index is 0.0865. The number of rotatable bonds is 12. The number of carbonyl (C=O) groups is 2. The Kier molecular flexibility index (Phi) is 11.1. The van der Waals surface area contributed by atoms with Gasteiger partial charge in [-0.25, -0.2) is 4.98 Å². The lowest BCUT2D eigenvalue weighted by atomic mass is 9.78. The summed E-state index contributed by atoms with van der Waals surface area (Å²) >= 11 is 2.17. The van der Waals surface area contributed by atoms with Gasteiger partial charge in [0, 0.05) is 25.1 Å². The average Bonchev–Trinajstić information content (AvgIpc) is 3.66. The van der Waals surface area contributed by atoms with Crippen LogP contribution in [0.1, 0.15) is 87.3 Å². The molecule has 2 heterocycles. The number of nitrogens with one attached hydrogen (secondary N) is 2. The first-order chi connectivity index (χ1) is 21.7. The number of aryl methyl sites for hydroxylation is 2. The maximum absolute atomic E-state index is 12.8. The molecule has 0 bridgehead atoms. The molecule has 11 nitrogen and oxygen atoms in total. The van der Waals surface area contributed by atoms with Crippen molar-refractivity contribution in [1.82, 2.24) is 30.6 Å². The Balaban J connectivity index is 1.23. The van der Waals surface area contributed by atoms with Crippen molar-refractivity contribution in [3.05, 3.63) is 74.6 Å². The Morgan fingerprint density at radius 1 is 1.04 bits per heavy atom. The van der Waals surface area contributed by atoms with Gasteiger partial charge in [-0.3, -0.25) is 14.3 Å². The van der Waals surface area contributed by atoms with Gasteiger partial charge in [-0.15, -0.1) is 5.10 Å². The van der Waals surface area contributed by atoms with E-state index in [1.807, 2.05) is 30.3 Å². The molecular formula is C34H43IN6O5. The fourth-order valence-corrected chi connectivity index (χ4v) is 5.73. The number of oxazole rings is 1. The molecule has 3 N–H and O–H groups in total. The lowest BCUT2D eigenvalue weighted by Crippen LogP contribution is -2.26. The van der Waals surface area contributed by atoms with Crippen LogP contribution in [0.25, 0.3) is 11.3 Å². The molecule has 0 aliphatic rings. The van der Waals surface area contributed by atoms with Gasteiger partial charge >= 0.3 is 0 Å². The minimum atomic E-state index is -0.326. The zero-order chi connectivity index (χ0) is 33.6. The number of nitrogens with zero attached hydrogens (tertiary/aromatic N) is 4. The summed E-state index contributed by atoms with van der Waals surface area (Å²) in [4.78, 5) is 29.6. The Hall–Kier alpha value is -3.94. The topological polar surface area (TPSA) is 144 Å². The van der Waals surface area contributed by atoms with Crippen molar-refractivity contribution in [2.24, 2.45) is 0 Å². The Labute approximate surface area is 283 Å². The number of phenols is 1. The van der Waals surface area contributed by atoms with Crippen LogP contribution in [0.5, 0.6) is 11.5 Å². The third kappa shape index (κ3) is 8.86. The summed E-state index contributed by atoms with van der Waals surface area (Å²) in [7, 11) is 1.61. The standard InChI is InChI=1S/C34H43IN6O5/c1-33(2,3)24-15-21(16-25(30(24)43)34(4,5)6)9-12-28(42)37-18-23-19-41(40-39-23)14-8-13-36-32(44)29-31(46-20-38-29)22-10-11-27(45-7)26(35)17-22/h10-11,15-17,19-20,43H,8-9,12-14,18H2,1-7H3,(H,36,44)(H,37,42). The Morgan fingerprint density at radius 2 is 1.74 bits per heavy atom.